The fourth-order valence-corrected chi connectivity index (χ4v) is 8.80. The number of carbonyl (C=O) groups is 2. The second-order valence-electron chi connectivity index (χ2n) is 13.6. The number of benzene rings is 1. The molecule has 2 aliphatic carbocycles. The third-order valence-corrected chi connectivity index (χ3v) is 11.2. The number of anilines is 1. The van der Waals surface area contributed by atoms with Crippen molar-refractivity contribution < 1.29 is 18.4 Å². The molecule has 0 unspecified atom stereocenters. The quantitative estimate of drug-likeness (QED) is 0.297. The Morgan fingerprint density at radius 1 is 1.09 bits per heavy atom. The average Bonchev–Trinajstić information content (AvgIpc) is 3.70. The molecule has 44 heavy (non-hydrogen) atoms. The molecule has 2 spiro atoms. The highest BCUT2D eigenvalue weighted by molar-refractivity contribution is 6.31. The highest BCUT2D eigenvalue weighted by Gasteiger charge is 2.73. The number of nitrogens with zero attached hydrogens (tertiary/aromatic N) is 3. The number of amides is 2. The van der Waals surface area contributed by atoms with Gasteiger partial charge in [0.25, 0.3) is 0 Å². The molecule has 1 saturated heterocycles. The summed E-state index contributed by atoms with van der Waals surface area (Å²) < 4.78 is 21.5. The molecule has 9 nitrogen and oxygen atoms in total. The van der Waals surface area contributed by atoms with Crippen LogP contribution in [0.3, 0.4) is 0 Å². The van der Waals surface area contributed by atoms with Gasteiger partial charge in [0, 0.05) is 40.3 Å². The Bertz CT molecular complexity index is 1600. The molecule has 3 fully saturated rings. The Hall–Kier alpha value is -3.08. The fourth-order valence-electron chi connectivity index (χ4n) is 8.46. The van der Waals surface area contributed by atoms with Crippen LogP contribution >= 0.6 is 23.2 Å². The van der Waals surface area contributed by atoms with Crippen LogP contribution in [0.15, 0.2) is 41.3 Å². The van der Waals surface area contributed by atoms with Crippen LogP contribution in [0.2, 0.25) is 10.2 Å². The van der Waals surface area contributed by atoms with Crippen LogP contribution in [0.1, 0.15) is 94.1 Å². The number of carbonyl (C=O) groups excluding carboxylic acids is 2. The maximum absolute atomic E-state index is 16.1. The lowest BCUT2D eigenvalue weighted by Gasteiger charge is -2.50. The smallest absolute Gasteiger partial charge is 0.238 e. The summed E-state index contributed by atoms with van der Waals surface area (Å²) in [6.07, 6.45) is 8.75. The molecule has 2 aliphatic heterocycles. The van der Waals surface area contributed by atoms with Crippen molar-refractivity contribution in [1.82, 2.24) is 25.8 Å². The molecule has 2 amide bonds. The van der Waals surface area contributed by atoms with Crippen molar-refractivity contribution in [1.29, 1.82) is 0 Å². The zero-order chi connectivity index (χ0) is 30.9. The monoisotopic (exact) mass is 640 g/mol. The minimum Gasteiger partial charge on any atom is -0.428 e. The summed E-state index contributed by atoms with van der Waals surface area (Å²) in [5.74, 6) is -1.39. The van der Waals surface area contributed by atoms with E-state index < -0.39 is 28.7 Å². The molecule has 7 rings (SSSR count). The van der Waals surface area contributed by atoms with Crippen molar-refractivity contribution in [3.63, 3.8) is 0 Å². The van der Waals surface area contributed by atoms with Gasteiger partial charge in [-0.25, -0.2) is 9.37 Å². The van der Waals surface area contributed by atoms with E-state index >= 15 is 4.39 Å². The van der Waals surface area contributed by atoms with Gasteiger partial charge in [0.15, 0.2) is 11.0 Å². The molecule has 0 bridgehead atoms. The van der Waals surface area contributed by atoms with Crippen molar-refractivity contribution in [3.8, 4) is 0 Å². The Morgan fingerprint density at radius 3 is 2.55 bits per heavy atom. The highest BCUT2D eigenvalue weighted by Crippen LogP contribution is 2.64. The second-order valence-corrected chi connectivity index (χ2v) is 14.4. The molecule has 3 aromatic rings. The van der Waals surface area contributed by atoms with E-state index in [-0.39, 0.29) is 39.9 Å². The van der Waals surface area contributed by atoms with Gasteiger partial charge in [-0.15, -0.1) is 10.2 Å². The van der Waals surface area contributed by atoms with E-state index in [2.05, 4.69) is 45.0 Å². The van der Waals surface area contributed by atoms with Gasteiger partial charge >= 0.3 is 0 Å². The first-order valence-electron chi connectivity index (χ1n) is 15.3. The number of halogens is 3. The molecule has 1 aromatic carbocycles. The molecule has 232 valence electrons. The van der Waals surface area contributed by atoms with Gasteiger partial charge in [-0.05, 0) is 86.1 Å². The van der Waals surface area contributed by atoms with E-state index in [1.807, 2.05) is 6.07 Å². The fraction of sp³-hybridized carbons (Fsp3) is 0.531. The van der Waals surface area contributed by atoms with E-state index in [4.69, 9.17) is 27.6 Å². The molecule has 4 heterocycles. The summed E-state index contributed by atoms with van der Waals surface area (Å²) >= 11 is 12.6. The molecule has 2 saturated carbocycles. The molecule has 3 N–H and O–H groups in total. The lowest BCUT2D eigenvalue weighted by Crippen LogP contribution is -2.61. The zero-order valence-corrected chi connectivity index (χ0v) is 26.1. The minimum atomic E-state index is -1.30. The van der Waals surface area contributed by atoms with Crippen molar-refractivity contribution in [2.24, 2.45) is 5.41 Å². The average molecular weight is 642 g/mol. The predicted molar refractivity (Wildman–Crippen MR) is 163 cm³/mol. The van der Waals surface area contributed by atoms with Crippen molar-refractivity contribution in [2.75, 3.05) is 5.32 Å². The third kappa shape index (κ3) is 4.55. The summed E-state index contributed by atoms with van der Waals surface area (Å²) in [4.78, 5) is 33.0. The molecule has 0 radical (unpaired) electrons. The highest BCUT2D eigenvalue weighted by atomic mass is 35.5. The van der Waals surface area contributed by atoms with Crippen LogP contribution in [0.5, 0.6) is 0 Å². The van der Waals surface area contributed by atoms with Gasteiger partial charge in [0.05, 0.1) is 6.04 Å². The second kappa shape index (κ2) is 10.8. The van der Waals surface area contributed by atoms with Gasteiger partial charge < -0.3 is 15.1 Å². The van der Waals surface area contributed by atoms with Gasteiger partial charge in [-0.2, -0.15) is 0 Å². The summed E-state index contributed by atoms with van der Waals surface area (Å²) in [7, 11) is 0. The van der Waals surface area contributed by atoms with Crippen LogP contribution in [-0.2, 0) is 15.0 Å². The summed E-state index contributed by atoms with van der Waals surface area (Å²) in [5, 5.41) is 18.1. The maximum atomic E-state index is 16.1. The summed E-state index contributed by atoms with van der Waals surface area (Å²) in [6.45, 7) is 4.44. The predicted octanol–water partition coefficient (Wildman–Crippen LogP) is 6.04. The van der Waals surface area contributed by atoms with E-state index in [1.165, 1.54) is 12.6 Å². The first-order chi connectivity index (χ1) is 21.0. The zero-order valence-electron chi connectivity index (χ0n) is 24.6. The third-order valence-electron chi connectivity index (χ3n) is 10.8. The van der Waals surface area contributed by atoms with Crippen LogP contribution in [0.4, 0.5) is 10.1 Å². The number of nitrogens with one attached hydrogen (secondary N) is 3. The summed E-state index contributed by atoms with van der Waals surface area (Å²) in [5.41, 5.74) is -0.573. The van der Waals surface area contributed by atoms with Gasteiger partial charge in [-0.3, -0.25) is 14.9 Å². The number of rotatable bonds is 4. The van der Waals surface area contributed by atoms with Crippen LogP contribution in [0.25, 0.3) is 0 Å². The molecule has 2 aromatic heterocycles. The largest absolute Gasteiger partial charge is 0.428 e. The Morgan fingerprint density at radius 2 is 1.84 bits per heavy atom. The lowest BCUT2D eigenvalue weighted by molar-refractivity contribution is -0.125. The van der Waals surface area contributed by atoms with Crippen molar-refractivity contribution in [2.45, 2.75) is 100 Å². The topological polar surface area (TPSA) is 122 Å². The minimum absolute atomic E-state index is 0.0596. The normalized spacial score (nSPS) is 30.3. The number of hydrogen-bond donors (Lipinski definition) is 3. The first-order valence-corrected chi connectivity index (χ1v) is 16.1. The molecule has 4 aliphatic rings. The lowest BCUT2D eigenvalue weighted by atomic mass is 9.53. The standard InChI is InChI=1S/C32H35Cl2FN6O3/c1-30(2)10-12-31(13-11-30)32(21-8-5-18(33)15-22(21)39-29(32)43)23(20-9-14-36-26(34)24(20)35)25(40-31)27(42)38-19-6-3-17(4-7-19)28-41-37-16-44-28/h5,8-9,14-17,19,23,25,40H,3-4,6-7,10-13H2,1-2H3,(H,38,42)(H,39,43)/t17-,19-,23-,25+,32+/m0/s1. The first kappa shape index (κ1) is 29.6. The van der Waals surface area contributed by atoms with Gasteiger partial charge in [-0.1, -0.05) is 43.1 Å². The number of pyridine rings is 1. The molecular formula is C32H35Cl2FN6O3. The van der Waals surface area contributed by atoms with E-state index in [0.717, 1.165) is 38.5 Å². The SMILES string of the molecule is CC1(C)CCC2(CC1)N[C@@H](C(=O)N[C@H]1CC[C@H](c3nnco3)CC1)[C@H](c1ccnc(Cl)c1F)[C@]21C(=O)Nc2cc(Cl)ccc21. The van der Waals surface area contributed by atoms with Crippen LogP contribution < -0.4 is 16.0 Å². The maximum Gasteiger partial charge on any atom is 0.238 e. The number of fused-ring (bicyclic) bond motifs is 3. The van der Waals surface area contributed by atoms with E-state index in [1.54, 1.807) is 18.2 Å². The van der Waals surface area contributed by atoms with Gasteiger partial charge in [0.2, 0.25) is 24.1 Å². The van der Waals surface area contributed by atoms with E-state index in [0.29, 0.717) is 35.0 Å². The molecule has 12 heteroatoms. The Kier molecular flexibility index (Phi) is 7.25. The van der Waals surface area contributed by atoms with Crippen LogP contribution in [-0.4, -0.2) is 44.6 Å². The molecule has 3 atom stereocenters. The van der Waals surface area contributed by atoms with E-state index in [9.17, 15) is 9.59 Å². The summed E-state index contributed by atoms with van der Waals surface area (Å²) in [6, 6.07) is 5.89. The van der Waals surface area contributed by atoms with Crippen LogP contribution in [0, 0.1) is 11.2 Å². The van der Waals surface area contributed by atoms with Crippen molar-refractivity contribution >= 4 is 40.7 Å². The van der Waals surface area contributed by atoms with Gasteiger partial charge in [0.1, 0.15) is 5.41 Å². The molecular weight excluding hydrogens is 606 g/mol. The Balaban J connectivity index is 1.31. The number of hydrogen-bond acceptors (Lipinski definition) is 7. The van der Waals surface area contributed by atoms with Crippen molar-refractivity contribution in [3.05, 3.63) is 69.9 Å². The number of aromatic nitrogens is 3. The Labute approximate surface area is 265 Å².